The first kappa shape index (κ1) is 19.0. The molecule has 0 heterocycles. The third-order valence-corrected chi connectivity index (χ3v) is 4.69. The second kappa shape index (κ2) is 9.83. The molecule has 19 heavy (non-hydrogen) atoms. The Labute approximate surface area is 123 Å². The minimum absolute atomic E-state index is 0.467. The van der Waals surface area contributed by atoms with Gasteiger partial charge in [0.25, 0.3) is 0 Å². The van der Waals surface area contributed by atoms with E-state index in [1.54, 1.807) is 0 Å². The molecule has 0 bridgehead atoms. The molecule has 0 aromatic carbocycles. The van der Waals surface area contributed by atoms with Gasteiger partial charge in [-0.05, 0) is 29.6 Å². The zero-order valence-electron chi connectivity index (χ0n) is 14.9. The fraction of sp³-hybridized carbons (Fsp3) is 1.00. The van der Waals surface area contributed by atoms with Crippen molar-refractivity contribution in [1.29, 1.82) is 0 Å². The highest BCUT2D eigenvalue weighted by Crippen LogP contribution is 2.36. The molecule has 0 nitrogen and oxygen atoms in total. The molecule has 0 spiro atoms. The monoisotopic (exact) mass is 268 g/mol. The van der Waals surface area contributed by atoms with Crippen molar-refractivity contribution >= 4 is 0 Å². The topological polar surface area (TPSA) is 0 Å². The maximum Gasteiger partial charge on any atom is -0.0342 e. The normalized spacial score (nSPS) is 15.8. The van der Waals surface area contributed by atoms with E-state index in [9.17, 15) is 0 Å². The van der Waals surface area contributed by atoms with Gasteiger partial charge in [-0.3, -0.25) is 0 Å². The third-order valence-electron chi connectivity index (χ3n) is 4.69. The zero-order valence-corrected chi connectivity index (χ0v) is 14.9. The van der Waals surface area contributed by atoms with Gasteiger partial charge in [-0.2, -0.15) is 0 Å². The molecule has 0 amide bonds. The fourth-order valence-electron chi connectivity index (χ4n) is 3.47. The summed E-state index contributed by atoms with van der Waals surface area (Å²) in [7, 11) is 0. The summed E-state index contributed by atoms with van der Waals surface area (Å²) >= 11 is 0. The minimum atomic E-state index is 0.467. The van der Waals surface area contributed by atoms with Crippen molar-refractivity contribution in [3.05, 3.63) is 0 Å². The van der Waals surface area contributed by atoms with E-state index < -0.39 is 0 Å². The van der Waals surface area contributed by atoms with E-state index in [0.29, 0.717) is 5.41 Å². The van der Waals surface area contributed by atoms with Gasteiger partial charge in [-0.25, -0.2) is 0 Å². The van der Waals surface area contributed by atoms with Crippen LogP contribution in [-0.4, -0.2) is 0 Å². The molecule has 0 aromatic rings. The van der Waals surface area contributed by atoms with Gasteiger partial charge in [0, 0.05) is 0 Å². The van der Waals surface area contributed by atoms with Gasteiger partial charge in [0.05, 0.1) is 0 Å². The van der Waals surface area contributed by atoms with Crippen molar-refractivity contribution in [3.63, 3.8) is 0 Å². The van der Waals surface area contributed by atoms with E-state index in [2.05, 4.69) is 48.5 Å². The highest BCUT2D eigenvalue weighted by Gasteiger charge is 2.27. The van der Waals surface area contributed by atoms with Crippen molar-refractivity contribution < 1.29 is 0 Å². The molecule has 0 aliphatic carbocycles. The molecule has 0 rings (SSSR count). The highest BCUT2D eigenvalue weighted by molar-refractivity contribution is 4.77. The van der Waals surface area contributed by atoms with Crippen LogP contribution < -0.4 is 0 Å². The van der Waals surface area contributed by atoms with Gasteiger partial charge in [0.1, 0.15) is 0 Å². The first-order valence-corrected chi connectivity index (χ1v) is 8.79. The number of rotatable bonds is 10. The molecule has 0 radical (unpaired) electrons. The maximum atomic E-state index is 2.46. The molecule has 0 aliphatic rings. The first-order valence-electron chi connectivity index (χ1n) is 8.79. The van der Waals surface area contributed by atoms with E-state index in [1.165, 1.54) is 51.4 Å². The molecule has 0 saturated heterocycles. The lowest BCUT2D eigenvalue weighted by molar-refractivity contribution is 0.155. The number of hydrogen-bond donors (Lipinski definition) is 0. The lowest BCUT2D eigenvalue weighted by Gasteiger charge is -2.34. The Morgan fingerprint density at radius 1 is 0.737 bits per heavy atom. The van der Waals surface area contributed by atoms with Crippen molar-refractivity contribution in [2.75, 3.05) is 0 Å². The van der Waals surface area contributed by atoms with Crippen LogP contribution in [0.4, 0.5) is 0 Å². The van der Waals surface area contributed by atoms with Crippen molar-refractivity contribution in [1.82, 2.24) is 0 Å². The van der Waals surface area contributed by atoms with Gasteiger partial charge in [0.15, 0.2) is 0 Å². The highest BCUT2D eigenvalue weighted by atomic mass is 14.3. The molecule has 2 atom stereocenters. The Morgan fingerprint density at radius 2 is 1.32 bits per heavy atom. The Kier molecular flexibility index (Phi) is 9.83. The van der Waals surface area contributed by atoms with Crippen LogP contribution in [0.5, 0.6) is 0 Å². The third kappa shape index (κ3) is 9.52. The Morgan fingerprint density at radius 3 is 1.79 bits per heavy atom. The summed E-state index contributed by atoms with van der Waals surface area (Å²) in [5.41, 5.74) is 0.467. The van der Waals surface area contributed by atoms with E-state index in [1.807, 2.05) is 0 Å². The Hall–Kier alpha value is 0. The molecule has 0 aliphatic heterocycles. The van der Waals surface area contributed by atoms with E-state index in [-0.39, 0.29) is 0 Å². The lowest BCUT2D eigenvalue weighted by Crippen LogP contribution is -2.25. The molecule has 0 fully saturated rings. The number of unbranched alkanes of at least 4 members (excludes halogenated alkanes) is 4. The summed E-state index contributed by atoms with van der Waals surface area (Å²) in [6, 6.07) is 0. The molecular formula is C19H40. The molecule has 0 N–H and O–H groups in total. The average molecular weight is 269 g/mol. The van der Waals surface area contributed by atoms with Crippen LogP contribution in [0.1, 0.15) is 99.8 Å². The lowest BCUT2D eigenvalue weighted by atomic mass is 9.71. The summed E-state index contributed by atoms with van der Waals surface area (Å²) in [4.78, 5) is 0. The molecule has 0 heteroatoms. The average Bonchev–Trinajstić information content (AvgIpc) is 2.26. The molecule has 0 aromatic heterocycles. The van der Waals surface area contributed by atoms with Gasteiger partial charge in [-0.1, -0.05) is 93.4 Å². The molecule has 2 unspecified atom stereocenters. The predicted molar refractivity (Wildman–Crippen MR) is 89.6 cm³/mol. The van der Waals surface area contributed by atoms with Crippen LogP contribution in [0.25, 0.3) is 0 Å². The molecular weight excluding hydrogens is 228 g/mol. The summed E-state index contributed by atoms with van der Waals surface area (Å²) in [6.45, 7) is 16.8. The largest absolute Gasteiger partial charge is 0.0654 e. The van der Waals surface area contributed by atoms with Crippen molar-refractivity contribution in [2.45, 2.75) is 99.8 Å². The zero-order chi connectivity index (χ0) is 14.9. The van der Waals surface area contributed by atoms with E-state index in [4.69, 9.17) is 0 Å². The Bertz CT molecular complexity index is 197. The SMILES string of the molecule is CCCCCCCC(C)CCC(C(C)C)C(C)(C)C. The van der Waals surface area contributed by atoms with Crippen LogP contribution in [0.3, 0.4) is 0 Å². The van der Waals surface area contributed by atoms with Gasteiger partial charge in [0.2, 0.25) is 0 Å². The quantitative estimate of drug-likeness (QED) is 0.371. The van der Waals surface area contributed by atoms with Crippen LogP contribution in [-0.2, 0) is 0 Å². The number of hydrogen-bond acceptors (Lipinski definition) is 0. The standard InChI is InChI=1S/C19H40/c1-8-9-10-11-12-13-17(4)14-15-18(16(2)3)19(5,6)7/h16-18H,8-15H2,1-7H3. The van der Waals surface area contributed by atoms with Crippen LogP contribution in [0.15, 0.2) is 0 Å². The summed E-state index contributed by atoms with van der Waals surface area (Å²) < 4.78 is 0. The second-order valence-corrected chi connectivity index (χ2v) is 8.10. The van der Waals surface area contributed by atoms with E-state index >= 15 is 0 Å². The minimum Gasteiger partial charge on any atom is -0.0654 e. The maximum absolute atomic E-state index is 2.46. The van der Waals surface area contributed by atoms with Gasteiger partial charge in [-0.15, -0.1) is 0 Å². The Balaban J connectivity index is 3.83. The first-order chi connectivity index (χ1) is 8.79. The molecule has 0 saturated carbocycles. The fourth-order valence-corrected chi connectivity index (χ4v) is 3.47. The van der Waals surface area contributed by atoms with E-state index in [0.717, 1.165) is 17.8 Å². The summed E-state index contributed by atoms with van der Waals surface area (Å²) in [5.74, 6) is 2.61. The van der Waals surface area contributed by atoms with Crippen LogP contribution in [0, 0.1) is 23.2 Å². The van der Waals surface area contributed by atoms with Crippen molar-refractivity contribution in [3.8, 4) is 0 Å². The predicted octanol–water partition coefficient (Wildman–Crippen LogP) is 7.08. The van der Waals surface area contributed by atoms with Crippen LogP contribution in [0.2, 0.25) is 0 Å². The summed E-state index contributed by atoms with van der Waals surface area (Å²) in [6.07, 6.45) is 11.4. The van der Waals surface area contributed by atoms with Crippen molar-refractivity contribution in [2.24, 2.45) is 23.2 Å². The smallest absolute Gasteiger partial charge is 0.0342 e. The second-order valence-electron chi connectivity index (χ2n) is 8.10. The van der Waals surface area contributed by atoms with Gasteiger partial charge >= 0.3 is 0 Å². The van der Waals surface area contributed by atoms with Gasteiger partial charge < -0.3 is 0 Å². The molecule has 116 valence electrons. The van der Waals surface area contributed by atoms with Crippen LogP contribution >= 0.6 is 0 Å². The summed E-state index contributed by atoms with van der Waals surface area (Å²) in [5, 5.41) is 0.